The molecule has 20 heavy (non-hydrogen) atoms. The maximum atomic E-state index is 10.0. The smallest absolute Gasteiger partial charge is 0.126 e. The van der Waals surface area contributed by atoms with Crippen LogP contribution in [0.1, 0.15) is 31.2 Å². The SMILES string of the molecule is Cc1c(Cl)ccc2ccc(N[C@H]3CCCC[C@@H]3O)nc12. The quantitative estimate of drug-likeness (QED) is 0.881. The zero-order chi connectivity index (χ0) is 14.1. The normalized spacial score (nSPS) is 22.9. The minimum Gasteiger partial charge on any atom is -0.391 e. The van der Waals surface area contributed by atoms with Gasteiger partial charge in [0.1, 0.15) is 5.82 Å². The number of nitrogens with zero attached hydrogens (tertiary/aromatic N) is 1. The van der Waals surface area contributed by atoms with Crippen LogP contribution in [0.4, 0.5) is 5.82 Å². The number of aliphatic hydroxyl groups excluding tert-OH is 1. The van der Waals surface area contributed by atoms with Crippen molar-refractivity contribution in [3.05, 3.63) is 34.9 Å². The van der Waals surface area contributed by atoms with Gasteiger partial charge in [0.2, 0.25) is 0 Å². The molecule has 0 radical (unpaired) electrons. The summed E-state index contributed by atoms with van der Waals surface area (Å²) in [6.45, 7) is 1.98. The van der Waals surface area contributed by atoms with Crippen molar-refractivity contribution in [1.82, 2.24) is 4.98 Å². The number of aliphatic hydroxyl groups is 1. The van der Waals surface area contributed by atoms with Gasteiger partial charge in [-0.2, -0.15) is 0 Å². The lowest BCUT2D eigenvalue weighted by atomic mass is 9.92. The average molecular weight is 291 g/mol. The summed E-state index contributed by atoms with van der Waals surface area (Å²) >= 11 is 6.15. The number of hydrogen-bond donors (Lipinski definition) is 2. The van der Waals surface area contributed by atoms with Crippen LogP contribution in [0.15, 0.2) is 24.3 Å². The Morgan fingerprint density at radius 1 is 1.20 bits per heavy atom. The van der Waals surface area contributed by atoms with Crippen molar-refractivity contribution in [3.8, 4) is 0 Å². The standard InChI is InChI=1S/C16H19ClN2O/c1-10-12(17)8-6-11-7-9-15(19-16(10)11)18-13-4-2-3-5-14(13)20/h6-9,13-14,20H,2-5H2,1H3,(H,18,19)/t13-,14-/m0/s1. The van der Waals surface area contributed by atoms with Gasteiger partial charge in [-0.15, -0.1) is 0 Å². The first-order valence-corrected chi connectivity index (χ1v) is 7.53. The van der Waals surface area contributed by atoms with E-state index >= 15 is 0 Å². The van der Waals surface area contributed by atoms with Crippen molar-refractivity contribution < 1.29 is 5.11 Å². The third-order valence-electron chi connectivity index (χ3n) is 4.11. The van der Waals surface area contributed by atoms with Crippen LogP contribution in [-0.4, -0.2) is 22.2 Å². The maximum absolute atomic E-state index is 10.0. The molecule has 106 valence electrons. The molecule has 2 N–H and O–H groups in total. The van der Waals surface area contributed by atoms with E-state index in [0.29, 0.717) is 0 Å². The number of benzene rings is 1. The second-order valence-electron chi connectivity index (χ2n) is 5.54. The fraction of sp³-hybridized carbons (Fsp3) is 0.438. The van der Waals surface area contributed by atoms with Gasteiger partial charge in [0.25, 0.3) is 0 Å². The number of fused-ring (bicyclic) bond motifs is 1. The molecule has 0 amide bonds. The molecule has 3 rings (SSSR count). The van der Waals surface area contributed by atoms with E-state index in [2.05, 4.69) is 10.3 Å². The van der Waals surface area contributed by atoms with Gasteiger partial charge < -0.3 is 10.4 Å². The van der Waals surface area contributed by atoms with Crippen molar-refractivity contribution in [2.75, 3.05) is 5.32 Å². The van der Waals surface area contributed by atoms with Crippen LogP contribution in [0, 0.1) is 6.92 Å². The van der Waals surface area contributed by atoms with Crippen molar-refractivity contribution >= 4 is 28.3 Å². The molecule has 1 saturated carbocycles. The summed E-state index contributed by atoms with van der Waals surface area (Å²) in [5, 5.41) is 15.2. The predicted octanol–water partition coefficient (Wildman–Crippen LogP) is 3.91. The first kappa shape index (κ1) is 13.7. The Balaban J connectivity index is 1.90. The molecular weight excluding hydrogens is 272 g/mol. The van der Waals surface area contributed by atoms with Crippen LogP contribution >= 0.6 is 11.6 Å². The van der Waals surface area contributed by atoms with E-state index in [1.165, 1.54) is 0 Å². The molecule has 0 spiro atoms. The zero-order valence-electron chi connectivity index (χ0n) is 11.6. The number of nitrogens with one attached hydrogen (secondary N) is 1. The number of anilines is 1. The van der Waals surface area contributed by atoms with Gasteiger partial charge in [0, 0.05) is 10.4 Å². The molecule has 1 aliphatic carbocycles. The van der Waals surface area contributed by atoms with Crippen LogP contribution in [0.5, 0.6) is 0 Å². The lowest BCUT2D eigenvalue weighted by Crippen LogP contribution is -2.36. The summed E-state index contributed by atoms with van der Waals surface area (Å²) in [7, 11) is 0. The highest BCUT2D eigenvalue weighted by atomic mass is 35.5. The molecule has 2 aromatic rings. The second-order valence-corrected chi connectivity index (χ2v) is 5.95. The van der Waals surface area contributed by atoms with Crippen molar-refractivity contribution in [3.63, 3.8) is 0 Å². The lowest BCUT2D eigenvalue weighted by molar-refractivity contribution is 0.116. The monoisotopic (exact) mass is 290 g/mol. The van der Waals surface area contributed by atoms with Crippen LogP contribution < -0.4 is 5.32 Å². The van der Waals surface area contributed by atoms with E-state index in [-0.39, 0.29) is 12.1 Å². The summed E-state index contributed by atoms with van der Waals surface area (Å²) in [5.41, 5.74) is 1.92. The van der Waals surface area contributed by atoms with E-state index in [1.54, 1.807) is 0 Å². The van der Waals surface area contributed by atoms with Crippen LogP contribution in [0.25, 0.3) is 10.9 Å². The molecule has 4 heteroatoms. The topological polar surface area (TPSA) is 45.1 Å². The molecule has 0 saturated heterocycles. The fourth-order valence-electron chi connectivity index (χ4n) is 2.86. The van der Waals surface area contributed by atoms with Crippen molar-refractivity contribution in [2.24, 2.45) is 0 Å². The molecule has 0 unspecified atom stereocenters. The van der Waals surface area contributed by atoms with E-state index in [4.69, 9.17) is 11.6 Å². The maximum Gasteiger partial charge on any atom is 0.126 e. The molecule has 1 fully saturated rings. The molecule has 1 heterocycles. The number of aryl methyl sites for hydroxylation is 1. The summed E-state index contributed by atoms with van der Waals surface area (Å²) in [6.07, 6.45) is 3.86. The van der Waals surface area contributed by atoms with Gasteiger partial charge in [-0.05, 0) is 43.5 Å². The van der Waals surface area contributed by atoms with Gasteiger partial charge in [0.15, 0.2) is 0 Å². The third kappa shape index (κ3) is 2.60. The van der Waals surface area contributed by atoms with Crippen LogP contribution in [0.2, 0.25) is 5.02 Å². The minimum atomic E-state index is -0.276. The van der Waals surface area contributed by atoms with Gasteiger partial charge in [-0.1, -0.05) is 30.5 Å². The largest absolute Gasteiger partial charge is 0.391 e. The van der Waals surface area contributed by atoms with E-state index in [0.717, 1.165) is 53.0 Å². The number of rotatable bonds is 2. The first-order valence-electron chi connectivity index (χ1n) is 7.15. The first-order chi connectivity index (χ1) is 9.65. The van der Waals surface area contributed by atoms with Gasteiger partial charge in [-0.25, -0.2) is 4.98 Å². The Bertz CT molecular complexity index is 629. The Hall–Kier alpha value is -1.32. The summed E-state index contributed by atoms with van der Waals surface area (Å²) in [6, 6.07) is 8.00. The molecule has 0 aliphatic heterocycles. The molecular formula is C16H19ClN2O. The Morgan fingerprint density at radius 3 is 2.75 bits per heavy atom. The summed E-state index contributed by atoms with van der Waals surface area (Å²) in [4.78, 5) is 4.66. The van der Waals surface area contributed by atoms with Gasteiger partial charge >= 0.3 is 0 Å². The van der Waals surface area contributed by atoms with Crippen LogP contribution in [0.3, 0.4) is 0 Å². The number of pyridine rings is 1. The van der Waals surface area contributed by atoms with Gasteiger partial charge in [-0.3, -0.25) is 0 Å². The highest BCUT2D eigenvalue weighted by Gasteiger charge is 2.23. The highest BCUT2D eigenvalue weighted by molar-refractivity contribution is 6.32. The second kappa shape index (κ2) is 5.58. The number of halogens is 1. The van der Waals surface area contributed by atoms with E-state index in [1.807, 2.05) is 31.2 Å². The molecule has 1 aliphatic rings. The molecule has 0 bridgehead atoms. The van der Waals surface area contributed by atoms with Crippen molar-refractivity contribution in [1.29, 1.82) is 0 Å². The van der Waals surface area contributed by atoms with Crippen LogP contribution in [-0.2, 0) is 0 Å². The molecule has 2 atom stereocenters. The molecule has 3 nitrogen and oxygen atoms in total. The number of aromatic nitrogens is 1. The zero-order valence-corrected chi connectivity index (χ0v) is 12.3. The third-order valence-corrected chi connectivity index (χ3v) is 4.52. The highest BCUT2D eigenvalue weighted by Crippen LogP contribution is 2.26. The molecule has 1 aromatic heterocycles. The van der Waals surface area contributed by atoms with E-state index in [9.17, 15) is 5.11 Å². The predicted molar refractivity (Wildman–Crippen MR) is 83.4 cm³/mol. The van der Waals surface area contributed by atoms with Gasteiger partial charge in [0.05, 0.1) is 17.7 Å². The number of hydrogen-bond acceptors (Lipinski definition) is 3. The Labute approximate surface area is 124 Å². The average Bonchev–Trinajstić information content (AvgIpc) is 2.46. The summed E-state index contributed by atoms with van der Waals surface area (Å²) in [5.74, 6) is 0.814. The molecule has 1 aromatic carbocycles. The Morgan fingerprint density at radius 2 is 1.95 bits per heavy atom. The summed E-state index contributed by atoms with van der Waals surface area (Å²) < 4.78 is 0. The minimum absolute atomic E-state index is 0.105. The lowest BCUT2D eigenvalue weighted by Gasteiger charge is -2.28. The van der Waals surface area contributed by atoms with Crippen molar-refractivity contribution in [2.45, 2.75) is 44.8 Å². The Kier molecular flexibility index (Phi) is 3.81. The van der Waals surface area contributed by atoms with E-state index < -0.39 is 0 Å². The fourth-order valence-corrected chi connectivity index (χ4v) is 3.01.